The maximum atomic E-state index is 7.27. The van der Waals surface area contributed by atoms with Crippen molar-refractivity contribution in [3.05, 3.63) is 12.4 Å². The van der Waals surface area contributed by atoms with Gasteiger partial charge in [0, 0.05) is 39.0 Å². The first-order chi connectivity index (χ1) is 7.50. The third-order valence-electron chi connectivity index (χ3n) is 2.32. The summed E-state index contributed by atoms with van der Waals surface area (Å²) in [5.41, 5.74) is 5.39. The minimum atomic E-state index is 0.225. The molecule has 90 valence electrons. The quantitative estimate of drug-likeness (QED) is 0.562. The molecule has 0 aliphatic carbocycles. The first-order valence-corrected chi connectivity index (χ1v) is 5.56. The second-order valence-corrected chi connectivity index (χ2v) is 4.45. The number of hydrogen-bond acceptors (Lipinski definition) is 3. The second-order valence-electron chi connectivity index (χ2n) is 4.45. The maximum Gasteiger partial charge on any atom is 0.205 e. The van der Waals surface area contributed by atoms with E-state index >= 15 is 0 Å². The fraction of sp³-hybridized carbons (Fsp3) is 0.636. The molecule has 16 heavy (non-hydrogen) atoms. The molecule has 0 saturated heterocycles. The van der Waals surface area contributed by atoms with Gasteiger partial charge in [0.2, 0.25) is 5.95 Å². The Kier molecular flexibility index (Phi) is 4.34. The third-order valence-corrected chi connectivity index (χ3v) is 2.32. The molecule has 0 atom stereocenters. The van der Waals surface area contributed by atoms with Crippen molar-refractivity contribution in [3.63, 3.8) is 0 Å². The fourth-order valence-corrected chi connectivity index (χ4v) is 1.63. The van der Waals surface area contributed by atoms with Crippen molar-refractivity contribution in [2.45, 2.75) is 20.3 Å². The number of imidazole rings is 1. The summed E-state index contributed by atoms with van der Waals surface area (Å²) in [5, 5.41) is 7.27. The van der Waals surface area contributed by atoms with Gasteiger partial charge in [-0.25, -0.2) is 4.98 Å². The van der Waals surface area contributed by atoms with Crippen LogP contribution >= 0.6 is 0 Å². The second kappa shape index (κ2) is 5.53. The molecular weight excluding hydrogens is 202 g/mol. The molecule has 1 heterocycles. The predicted molar refractivity (Wildman–Crippen MR) is 66.8 cm³/mol. The lowest BCUT2D eigenvalue weighted by atomic mass is 10.2. The van der Waals surface area contributed by atoms with E-state index in [4.69, 9.17) is 11.1 Å². The van der Waals surface area contributed by atoms with E-state index in [1.54, 1.807) is 6.20 Å². The predicted octanol–water partition coefficient (Wildman–Crippen LogP) is 1.21. The minimum Gasteiger partial charge on any atom is -0.388 e. The fourth-order valence-electron chi connectivity index (χ4n) is 1.63. The SMILES string of the molecule is CC(C)CN(CCC(=N)N)c1nccn1C. The van der Waals surface area contributed by atoms with E-state index in [1.807, 2.05) is 17.8 Å². The Bertz CT molecular complexity index is 342. The number of anilines is 1. The normalized spacial score (nSPS) is 10.8. The molecule has 1 aromatic heterocycles. The van der Waals surface area contributed by atoms with E-state index in [9.17, 15) is 0 Å². The van der Waals surface area contributed by atoms with Crippen molar-refractivity contribution < 1.29 is 0 Å². The average molecular weight is 223 g/mol. The maximum absolute atomic E-state index is 7.27. The monoisotopic (exact) mass is 223 g/mol. The largest absolute Gasteiger partial charge is 0.388 e. The van der Waals surface area contributed by atoms with Crippen LogP contribution in [0.5, 0.6) is 0 Å². The number of aromatic nitrogens is 2. The standard InChI is InChI=1S/C11H21N5/c1-9(2)8-16(6-4-10(12)13)11-14-5-7-15(11)3/h5,7,9H,4,6,8H2,1-3H3,(H3,12,13). The Hall–Kier alpha value is -1.52. The molecule has 0 spiro atoms. The number of hydrogen-bond donors (Lipinski definition) is 2. The molecule has 0 aliphatic heterocycles. The van der Waals surface area contributed by atoms with Crippen LogP contribution in [0.1, 0.15) is 20.3 Å². The van der Waals surface area contributed by atoms with Crippen LogP contribution in [0.25, 0.3) is 0 Å². The number of amidine groups is 1. The average Bonchev–Trinajstić information content (AvgIpc) is 2.58. The molecule has 0 aromatic carbocycles. The summed E-state index contributed by atoms with van der Waals surface area (Å²) in [6.45, 7) is 6.02. The van der Waals surface area contributed by atoms with Crippen LogP contribution < -0.4 is 10.6 Å². The highest BCUT2D eigenvalue weighted by molar-refractivity contribution is 5.77. The van der Waals surface area contributed by atoms with Gasteiger partial charge in [0.1, 0.15) is 0 Å². The number of nitrogens with one attached hydrogen (secondary N) is 1. The van der Waals surface area contributed by atoms with Crippen LogP contribution in [0, 0.1) is 11.3 Å². The molecule has 0 saturated carbocycles. The van der Waals surface area contributed by atoms with Crippen LogP contribution in [0.15, 0.2) is 12.4 Å². The Morgan fingerprint density at radius 1 is 1.62 bits per heavy atom. The van der Waals surface area contributed by atoms with Crippen molar-refractivity contribution in [1.82, 2.24) is 9.55 Å². The Morgan fingerprint density at radius 3 is 2.75 bits per heavy atom. The summed E-state index contributed by atoms with van der Waals surface area (Å²) in [6.07, 6.45) is 4.30. The molecule has 0 unspecified atom stereocenters. The number of aryl methyl sites for hydroxylation is 1. The molecule has 0 amide bonds. The highest BCUT2D eigenvalue weighted by Crippen LogP contribution is 2.12. The molecule has 3 N–H and O–H groups in total. The molecule has 1 aromatic rings. The molecule has 5 nitrogen and oxygen atoms in total. The van der Waals surface area contributed by atoms with Gasteiger partial charge in [-0.3, -0.25) is 5.41 Å². The molecule has 0 bridgehead atoms. The van der Waals surface area contributed by atoms with Gasteiger partial charge in [0.15, 0.2) is 0 Å². The van der Waals surface area contributed by atoms with Crippen molar-refractivity contribution in [3.8, 4) is 0 Å². The van der Waals surface area contributed by atoms with Gasteiger partial charge in [-0.15, -0.1) is 0 Å². The van der Waals surface area contributed by atoms with Gasteiger partial charge in [-0.1, -0.05) is 13.8 Å². The van der Waals surface area contributed by atoms with Crippen LogP contribution in [0.2, 0.25) is 0 Å². The number of nitrogens with two attached hydrogens (primary N) is 1. The van der Waals surface area contributed by atoms with E-state index in [-0.39, 0.29) is 5.84 Å². The molecule has 0 radical (unpaired) electrons. The summed E-state index contributed by atoms with van der Waals surface area (Å²) in [7, 11) is 1.98. The molecule has 0 aliphatic rings. The number of rotatable bonds is 6. The Balaban J connectivity index is 2.71. The van der Waals surface area contributed by atoms with Crippen LogP contribution in [-0.4, -0.2) is 28.5 Å². The lowest BCUT2D eigenvalue weighted by molar-refractivity contribution is 0.597. The Labute approximate surface area is 96.8 Å². The summed E-state index contributed by atoms with van der Waals surface area (Å²) in [4.78, 5) is 6.50. The van der Waals surface area contributed by atoms with Gasteiger partial charge in [0.05, 0.1) is 5.84 Å². The van der Waals surface area contributed by atoms with Crippen molar-refractivity contribution >= 4 is 11.8 Å². The highest BCUT2D eigenvalue weighted by Gasteiger charge is 2.12. The van der Waals surface area contributed by atoms with E-state index in [2.05, 4.69) is 23.7 Å². The topological polar surface area (TPSA) is 70.9 Å². The van der Waals surface area contributed by atoms with E-state index in [0.717, 1.165) is 19.0 Å². The van der Waals surface area contributed by atoms with Crippen LogP contribution in [0.3, 0.4) is 0 Å². The zero-order valence-electron chi connectivity index (χ0n) is 10.3. The molecule has 0 fully saturated rings. The van der Waals surface area contributed by atoms with Gasteiger partial charge in [0.25, 0.3) is 0 Å². The van der Waals surface area contributed by atoms with Gasteiger partial charge >= 0.3 is 0 Å². The summed E-state index contributed by atoms with van der Waals surface area (Å²) >= 11 is 0. The first kappa shape index (κ1) is 12.5. The van der Waals surface area contributed by atoms with Crippen molar-refractivity contribution in [2.24, 2.45) is 18.7 Å². The first-order valence-electron chi connectivity index (χ1n) is 5.56. The smallest absolute Gasteiger partial charge is 0.205 e. The van der Waals surface area contributed by atoms with Crippen molar-refractivity contribution in [1.29, 1.82) is 5.41 Å². The van der Waals surface area contributed by atoms with Gasteiger partial charge in [-0.2, -0.15) is 0 Å². The molecular formula is C11H21N5. The molecule has 1 rings (SSSR count). The lowest BCUT2D eigenvalue weighted by Gasteiger charge is -2.25. The zero-order chi connectivity index (χ0) is 12.1. The van der Waals surface area contributed by atoms with Crippen molar-refractivity contribution in [2.75, 3.05) is 18.0 Å². The van der Waals surface area contributed by atoms with E-state index in [0.29, 0.717) is 12.3 Å². The van der Waals surface area contributed by atoms with E-state index < -0.39 is 0 Å². The van der Waals surface area contributed by atoms with Gasteiger partial charge < -0.3 is 15.2 Å². The summed E-state index contributed by atoms with van der Waals surface area (Å²) < 4.78 is 1.99. The summed E-state index contributed by atoms with van der Waals surface area (Å²) in [5.74, 6) is 1.72. The third kappa shape index (κ3) is 3.56. The minimum absolute atomic E-state index is 0.225. The van der Waals surface area contributed by atoms with Gasteiger partial charge in [-0.05, 0) is 5.92 Å². The molecule has 5 heteroatoms. The van der Waals surface area contributed by atoms with Crippen LogP contribution in [0.4, 0.5) is 5.95 Å². The number of nitrogens with zero attached hydrogens (tertiary/aromatic N) is 3. The Morgan fingerprint density at radius 2 is 2.31 bits per heavy atom. The summed E-state index contributed by atoms with van der Waals surface area (Å²) in [6, 6.07) is 0. The van der Waals surface area contributed by atoms with E-state index in [1.165, 1.54) is 0 Å². The zero-order valence-corrected chi connectivity index (χ0v) is 10.3. The highest BCUT2D eigenvalue weighted by atomic mass is 15.3. The lowest BCUT2D eigenvalue weighted by Crippen LogP contribution is -2.33. The van der Waals surface area contributed by atoms with Crippen LogP contribution in [-0.2, 0) is 7.05 Å².